The van der Waals surface area contributed by atoms with Gasteiger partial charge in [0, 0.05) is 24.1 Å². The maximum absolute atomic E-state index is 12.0. The third-order valence-electron chi connectivity index (χ3n) is 3.10. The number of aryl methyl sites for hydroxylation is 1. The number of nitrogens with one attached hydrogen (secondary N) is 1. The number of nitrogens with two attached hydrogens (primary N) is 1. The van der Waals surface area contributed by atoms with E-state index in [1.54, 1.807) is 12.3 Å². The summed E-state index contributed by atoms with van der Waals surface area (Å²) >= 11 is 0. The zero-order valence-electron chi connectivity index (χ0n) is 12.3. The van der Waals surface area contributed by atoms with Crippen LogP contribution in [0.5, 0.6) is 0 Å². The molecular formula is C16H20N4O. The van der Waals surface area contributed by atoms with Crippen LogP contribution >= 0.6 is 0 Å². The zero-order valence-corrected chi connectivity index (χ0v) is 12.3. The standard InChI is InChI=1S/C16H20N4O/c1-12-9-13(17)6-7-15(12)19-16(21)11-20(2)10-14-5-3-4-8-18-14/h3-9H,10-11,17H2,1-2H3,(H,19,21). The Kier molecular flexibility index (Phi) is 4.90. The highest BCUT2D eigenvalue weighted by Gasteiger charge is 2.09. The third kappa shape index (κ3) is 4.57. The van der Waals surface area contributed by atoms with Gasteiger partial charge in [0.2, 0.25) is 5.91 Å². The van der Waals surface area contributed by atoms with Crippen molar-refractivity contribution in [3.8, 4) is 0 Å². The molecule has 2 rings (SSSR count). The quantitative estimate of drug-likeness (QED) is 0.824. The number of benzene rings is 1. The van der Waals surface area contributed by atoms with E-state index in [0.29, 0.717) is 18.8 Å². The van der Waals surface area contributed by atoms with Crippen molar-refractivity contribution in [2.75, 3.05) is 24.6 Å². The molecule has 1 aromatic carbocycles. The molecule has 1 aromatic heterocycles. The molecule has 0 bridgehead atoms. The smallest absolute Gasteiger partial charge is 0.238 e. The normalized spacial score (nSPS) is 10.6. The zero-order chi connectivity index (χ0) is 15.2. The molecule has 0 atom stereocenters. The van der Waals surface area contributed by atoms with Gasteiger partial charge >= 0.3 is 0 Å². The number of hydrogen-bond donors (Lipinski definition) is 2. The van der Waals surface area contributed by atoms with Crippen LogP contribution in [0.3, 0.4) is 0 Å². The Morgan fingerprint density at radius 1 is 1.33 bits per heavy atom. The molecule has 5 nitrogen and oxygen atoms in total. The second kappa shape index (κ2) is 6.85. The molecule has 0 saturated heterocycles. The molecular weight excluding hydrogens is 264 g/mol. The van der Waals surface area contributed by atoms with Crippen molar-refractivity contribution >= 4 is 17.3 Å². The monoisotopic (exact) mass is 284 g/mol. The molecule has 1 heterocycles. The van der Waals surface area contributed by atoms with Crippen LogP contribution < -0.4 is 11.1 Å². The summed E-state index contributed by atoms with van der Waals surface area (Å²) < 4.78 is 0. The van der Waals surface area contributed by atoms with E-state index in [4.69, 9.17) is 5.73 Å². The molecule has 0 unspecified atom stereocenters. The number of carbonyl (C=O) groups is 1. The first-order valence-corrected chi connectivity index (χ1v) is 6.79. The van der Waals surface area contributed by atoms with Gasteiger partial charge in [-0.3, -0.25) is 14.7 Å². The van der Waals surface area contributed by atoms with Crippen molar-refractivity contribution in [2.45, 2.75) is 13.5 Å². The molecule has 0 aliphatic carbocycles. The molecule has 1 amide bonds. The molecule has 2 aromatic rings. The van der Waals surface area contributed by atoms with Crippen LogP contribution in [0.15, 0.2) is 42.6 Å². The number of amides is 1. The Bertz CT molecular complexity index is 613. The van der Waals surface area contributed by atoms with E-state index in [9.17, 15) is 4.79 Å². The van der Waals surface area contributed by atoms with Gasteiger partial charge in [-0.15, -0.1) is 0 Å². The molecule has 110 valence electrons. The summed E-state index contributed by atoms with van der Waals surface area (Å²) in [5.41, 5.74) is 9.08. The number of hydrogen-bond acceptors (Lipinski definition) is 4. The number of nitrogen functional groups attached to an aromatic ring is 1. The SMILES string of the molecule is Cc1cc(N)ccc1NC(=O)CN(C)Cc1ccccn1. The molecule has 0 spiro atoms. The van der Waals surface area contributed by atoms with E-state index < -0.39 is 0 Å². The second-order valence-electron chi connectivity index (χ2n) is 5.12. The van der Waals surface area contributed by atoms with Crippen molar-refractivity contribution < 1.29 is 4.79 Å². The topological polar surface area (TPSA) is 71.2 Å². The van der Waals surface area contributed by atoms with Crippen LogP contribution in [0.1, 0.15) is 11.3 Å². The Morgan fingerprint density at radius 2 is 2.14 bits per heavy atom. The van der Waals surface area contributed by atoms with E-state index in [-0.39, 0.29) is 5.91 Å². The minimum absolute atomic E-state index is 0.0543. The Morgan fingerprint density at radius 3 is 2.81 bits per heavy atom. The summed E-state index contributed by atoms with van der Waals surface area (Å²) in [4.78, 5) is 18.2. The Labute approximate surface area is 124 Å². The summed E-state index contributed by atoms with van der Waals surface area (Å²) in [6.45, 7) is 2.86. The van der Waals surface area contributed by atoms with Gasteiger partial charge in [0.25, 0.3) is 0 Å². The predicted octanol–water partition coefficient (Wildman–Crippen LogP) is 2.04. The molecule has 5 heteroatoms. The van der Waals surface area contributed by atoms with Gasteiger partial charge in [-0.05, 0) is 49.9 Å². The lowest BCUT2D eigenvalue weighted by atomic mass is 10.2. The molecule has 0 saturated carbocycles. The van der Waals surface area contributed by atoms with Crippen LogP contribution in [-0.2, 0) is 11.3 Å². The van der Waals surface area contributed by atoms with Crippen molar-refractivity contribution in [1.82, 2.24) is 9.88 Å². The van der Waals surface area contributed by atoms with Crippen molar-refractivity contribution in [3.63, 3.8) is 0 Å². The molecule has 0 radical (unpaired) electrons. The third-order valence-corrected chi connectivity index (χ3v) is 3.10. The maximum atomic E-state index is 12.0. The van der Waals surface area contributed by atoms with E-state index in [1.807, 2.05) is 49.2 Å². The fourth-order valence-electron chi connectivity index (χ4n) is 2.09. The van der Waals surface area contributed by atoms with Gasteiger partial charge in [-0.25, -0.2) is 0 Å². The minimum Gasteiger partial charge on any atom is -0.399 e. The van der Waals surface area contributed by atoms with Gasteiger partial charge in [0.1, 0.15) is 0 Å². The lowest BCUT2D eigenvalue weighted by Gasteiger charge is -2.16. The molecule has 3 N–H and O–H groups in total. The van der Waals surface area contributed by atoms with E-state index in [0.717, 1.165) is 16.9 Å². The minimum atomic E-state index is -0.0543. The van der Waals surface area contributed by atoms with Gasteiger partial charge in [0.15, 0.2) is 0 Å². The summed E-state index contributed by atoms with van der Waals surface area (Å²) in [6, 6.07) is 11.2. The van der Waals surface area contributed by atoms with Crippen molar-refractivity contribution in [1.29, 1.82) is 0 Å². The molecule has 0 fully saturated rings. The van der Waals surface area contributed by atoms with Gasteiger partial charge in [0.05, 0.1) is 12.2 Å². The number of carbonyl (C=O) groups excluding carboxylic acids is 1. The average molecular weight is 284 g/mol. The Balaban J connectivity index is 1.89. The van der Waals surface area contributed by atoms with Crippen LogP contribution in [-0.4, -0.2) is 29.4 Å². The average Bonchev–Trinajstić information content (AvgIpc) is 2.43. The van der Waals surface area contributed by atoms with E-state index in [2.05, 4.69) is 10.3 Å². The first-order valence-electron chi connectivity index (χ1n) is 6.79. The van der Waals surface area contributed by atoms with Crippen LogP contribution in [0.4, 0.5) is 11.4 Å². The van der Waals surface area contributed by atoms with E-state index in [1.165, 1.54) is 0 Å². The maximum Gasteiger partial charge on any atom is 0.238 e. The van der Waals surface area contributed by atoms with Crippen LogP contribution in [0, 0.1) is 6.92 Å². The number of anilines is 2. The first-order chi connectivity index (χ1) is 10.0. The predicted molar refractivity (Wildman–Crippen MR) is 84.8 cm³/mol. The van der Waals surface area contributed by atoms with Gasteiger partial charge < -0.3 is 11.1 Å². The number of pyridine rings is 1. The number of aromatic nitrogens is 1. The fraction of sp³-hybridized carbons (Fsp3) is 0.250. The molecule has 0 aliphatic heterocycles. The van der Waals surface area contributed by atoms with Gasteiger partial charge in [-0.2, -0.15) is 0 Å². The molecule has 0 aliphatic rings. The van der Waals surface area contributed by atoms with Gasteiger partial charge in [-0.1, -0.05) is 6.07 Å². The van der Waals surface area contributed by atoms with Crippen molar-refractivity contribution in [3.05, 3.63) is 53.9 Å². The lowest BCUT2D eigenvalue weighted by molar-refractivity contribution is -0.117. The summed E-state index contributed by atoms with van der Waals surface area (Å²) in [6.07, 6.45) is 1.75. The summed E-state index contributed by atoms with van der Waals surface area (Å²) in [5.74, 6) is -0.0543. The van der Waals surface area contributed by atoms with Crippen molar-refractivity contribution in [2.24, 2.45) is 0 Å². The fourth-order valence-corrected chi connectivity index (χ4v) is 2.09. The first kappa shape index (κ1) is 15.0. The lowest BCUT2D eigenvalue weighted by Crippen LogP contribution is -2.30. The Hall–Kier alpha value is -2.40. The molecule has 21 heavy (non-hydrogen) atoms. The number of likely N-dealkylation sites (N-methyl/N-ethyl adjacent to an activating group) is 1. The second-order valence-corrected chi connectivity index (χ2v) is 5.12. The van der Waals surface area contributed by atoms with Crippen LogP contribution in [0.2, 0.25) is 0 Å². The van der Waals surface area contributed by atoms with E-state index >= 15 is 0 Å². The highest BCUT2D eigenvalue weighted by molar-refractivity contribution is 5.93. The highest BCUT2D eigenvalue weighted by Crippen LogP contribution is 2.17. The summed E-state index contributed by atoms with van der Waals surface area (Å²) in [5, 5.41) is 2.90. The summed E-state index contributed by atoms with van der Waals surface area (Å²) in [7, 11) is 1.89. The number of nitrogens with zero attached hydrogens (tertiary/aromatic N) is 2. The number of rotatable bonds is 5. The van der Waals surface area contributed by atoms with Crippen LogP contribution in [0.25, 0.3) is 0 Å². The highest BCUT2D eigenvalue weighted by atomic mass is 16.2. The largest absolute Gasteiger partial charge is 0.399 e.